The first-order valence-electron chi connectivity index (χ1n) is 9.08. The van der Waals surface area contributed by atoms with E-state index in [9.17, 15) is 9.90 Å². The Labute approximate surface area is 147 Å². The van der Waals surface area contributed by atoms with E-state index in [1.165, 1.54) is 0 Å². The van der Waals surface area contributed by atoms with Crippen LogP contribution in [-0.4, -0.2) is 52.4 Å². The van der Waals surface area contributed by atoms with Crippen molar-refractivity contribution in [1.29, 1.82) is 0 Å². The summed E-state index contributed by atoms with van der Waals surface area (Å²) in [5.74, 6) is 0.783. The zero-order chi connectivity index (χ0) is 17.6. The van der Waals surface area contributed by atoms with Gasteiger partial charge in [-0.05, 0) is 44.0 Å². The Balaban J connectivity index is 1.62. The van der Waals surface area contributed by atoms with Crippen LogP contribution in [0.15, 0.2) is 24.3 Å². The highest BCUT2D eigenvalue weighted by molar-refractivity contribution is 6.00. The molecule has 2 aromatic rings. The molecular weight excluding hydrogens is 318 g/mol. The molecule has 1 aromatic carbocycles. The number of likely N-dealkylation sites (tertiary alicyclic amines) is 1. The molecule has 3 atom stereocenters. The van der Waals surface area contributed by atoms with Crippen molar-refractivity contribution >= 4 is 16.8 Å². The molecule has 1 amide bonds. The van der Waals surface area contributed by atoms with Crippen LogP contribution in [0.1, 0.15) is 43.2 Å². The molecule has 6 heteroatoms. The van der Waals surface area contributed by atoms with Crippen molar-refractivity contribution < 1.29 is 14.6 Å². The van der Waals surface area contributed by atoms with Gasteiger partial charge in [0.15, 0.2) is 6.23 Å². The number of nitrogens with zero attached hydrogens (tertiary/aromatic N) is 2. The fourth-order valence-corrected chi connectivity index (χ4v) is 3.96. The molecule has 134 valence electrons. The van der Waals surface area contributed by atoms with Crippen molar-refractivity contribution in [2.75, 3.05) is 19.6 Å². The molecule has 2 aliphatic rings. The highest BCUT2D eigenvalue weighted by Gasteiger charge is 2.28. The first kappa shape index (κ1) is 16.4. The minimum Gasteiger partial charge on any atom is -0.475 e. The van der Waals surface area contributed by atoms with E-state index in [2.05, 4.69) is 28.6 Å². The maximum absolute atomic E-state index is 12.1. The Morgan fingerprint density at radius 2 is 2.24 bits per heavy atom. The number of benzene rings is 1. The summed E-state index contributed by atoms with van der Waals surface area (Å²) in [6.45, 7) is 6.39. The summed E-state index contributed by atoms with van der Waals surface area (Å²) in [6, 6.07) is 8.20. The molecule has 3 heterocycles. The highest BCUT2D eigenvalue weighted by Crippen LogP contribution is 2.30. The average Bonchev–Trinajstić information content (AvgIpc) is 3.20. The number of ether oxygens (including phenoxy) is 1. The van der Waals surface area contributed by atoms with E-state index in [0.717, 1.165) is 36.0 Å². The van der Waals surface area contributed by atoms with Gasteiger partial charge in [-0.25, -0.2) is 0 Å². The number of aromatic nitrogens is 1. The zero-order valence-electron chi connectivity index (χ0n) is 14.7. The maximum Gasteiger partial charge on any atom is 0.268 e. The molecule has 0 aliphatic carbocycles. The van der Waals surface area contributed by atoms with Crippen LogP contribution in [0, 0.1) is 0 Å². The van der Waals surface area contributed by atoms with Gasteiger partial charge in [-0.15, -0.1) is 0 Å². The summed E-state index contributed by atoms with van der Waals surface area (Å²) in [4.78, 5) is 14.3. The van der Waals surface area contributed by atoms with Crippen LogP contribution >= 0.6 is 0 Å². The Hall–Kier alpha value is -2.05. The predicted octanol–water partition coefficient (Wildman–Crippen LogP) is 2.13. The molecule has 0 saturated carbocycles. The van der Waals surface area contributed by atoms with Crippen LogP contribution in [0.4, 0.5) is 0 Å². The molecule has 0 bridgehead atoms. The topological polar surface area (TPSA) is 66.7 Å². The lowest BCUT2D eigenvalue weighted by Gasteiger charge is -2.27. The number of fused-ring (bicyclic) bond motifs is 3. The minimum atomic E-state index is -0.252. The molecule has 2 N–H and O–H groups in total. The van der Waals surface area contributed by atoms with Crippen LogP contribution in [0.2, 0.25) is 0 Å². The predicted molar refractivity (Wildman–Crippen MR) is 95.9 cm³/mol. The smallest absolute Gasteiger partial charge is 0.268 e. The van der Waals surface area contributed by atoms with Gasteiger partial charge in [0.05, 0.1) is 6.10 Å². The van der Waals surface area contributed by atoms with Gasteiger partial charge in [0, 0.05) is 36.6 Å². The van der Waals surface area contributed by atoms with E-state index in [-0.39, 0.29) is 24.3 Å². The van der Waals surface area contributed by atoms with E-state index in [1.807, 2.05) is 24.3 Å². The standard InChI is InChI=1S/C19H25N3O3/c1-3-18(21-7-6-14(23)11-21)25-15-4-5-16-13(8-15)9-17-19(24)20-10-12(2)22(16)17/h4-5,8-9,12,14,18,23H,3,6-7,10-11H2,1-2H3,(H,20,24). The third-order valence-electron chi connectivity index (χ3n) is 5.27. The number of hydrogen-bond donors (Lipinski definition) is 2. The van der Waals surface area contributed by atoms with E-state index in [4.69, 9.17) is 4.74 Å². The van der Waals surface area contributed by atoms with Gasteiger partial charge in [0.1, 0.15) is 11.4 Å². The first-order chi connectivity index (χ1) is 12.1. The molecule has 1 aromatic heterocycles. The highest BCUT2D eigenvalue weighted by atomic mass is 16.5. The molecule has 25 heavy (non-hydrogen) atoms. The number of β-amino-alcohol motifs (C(OH)–C–C–N with tert-alkyl or cyclic N) is 1. The summed E-state index contributed by atoms with van der Waals surface area (Å²) in [5.41, 5.74) is 1.77. The van der Waals surface area contributed by atoms with Crippen molar-refractivity contribution in [1.82, 2.24) is 14.8 Å². The molecule has 2 aliphatic heterocycles. The van der Waals surface area contributed by atoms with Crippen LogP contribution in [0.3, 0.4) is 0 Å². The van der Waals surface area contributed by atoms with Crippen molar-refractivity contribution in [3.05, 3.63) is 30.0 Å². The Kier molecular flexibility index (Phi) is 4.17. The second-order valence-corrected chi connectivity index (χ2v) is 7.10. The quantitative estimate of drug-likeness (QED) is 0.892. The molecule has 1 fully saturated rings. The van der Waals surface area contributed by atoms with Crippen molar-refractivity contribution in [2.45, 2.75) is 45.1 Å². The summed E-state index contributed by atoms with van der Waals surface area (Å²) >= 11 is 0. The third-order valence-corrected chi connectivity index (χ3v) is 5.27. The lowest BCUT2D eigenvalue weighted by Crippen LogP contribution is -2.38. The third kappa shape index (κ3) is 2.89. The number of aliphatic hydroxyl groups excluding tert-OH is 1. The van der Waals surface area contributed by atoms with Crippen LogP contribution in [-0.2, 0) is 0 Å². The molecule has 0 spiro atoms. The van der Waals surface area contributed by atoms with Crippen molar-refractivity contribution in [3.63, 3.8) is 0 Å². The summed E-state index contributed by atoms with van der Waals surface area (Å²) < 4.78 is 8.30. The normalized spacial score (nSPS) is 25.0. The fraction of sp³-hybridized carbons (Fsp3) is 0.526. The summed E-state index contributed by atoms with van der Waals surface area (Å²) in [7, 11) is 0. The monoisotopic (exact) mass is 343 g/mol. The minimum absolute atomic E-state index is 0.0192. The van der Waals surface area contributed by atoms with Crippen molar-refractivity contribution in [3.8, 4) is 5.75 Å². The first-order valence-corrected chi connectivity index (χ1v) is 9.08. The van der Waals surface area contributed by atoms with Crippen LogP contribution in [0.5, 0.6) is 5.75 Å². The van der Waals surface area contributed by atoms with E-state index in [1.54, 1.807) is 0 Å². The van der Waals surface area contributed by atoms with Crippen molar-refractivity contribution in [2.24, 2.45) is 0 Å². The summed E-state index contributed by atoms with van der Waals surface area (Å²) in [6.07, 6.45) is 1.38. The molecular formula is C19H25N3O3. The van der Waals surface area contributed by atoms with Gasteiger partial charge in [0.25, 0.3) is 5.91 Å². The number of aliphatic hydroxyl groups is 1. The number of amides is 1. The van der Waals surface area contributed by atoms with Gasteiger partial charge in [-0.3, -0.25) is 9.69 Å². The average molecular weight is 343 g/mol. The van der Waals surface area contributed by atoms with Gasteiger partial charge >= 0.3 is 0 Å². The zero-order valence-corrected chi connectivity index (χ0v) is 14.7. The largest absolute Gasteiger partial charge is 0.475 e. The number of carbonyl (C=O) groups excluding carboxylic acids is 1. The Morgan fingerprint density at radius 3 is 2.96 bits per heavy atom. The second kappa shape index (κ2) is 6.35. The molecule has 3 unspecified atom stereocenters. The number of rotatable bonds is 4. The second-order valence-electron chi connectivity index (χ2n) is 7.10. The lowest BCUT2D eigenvalue weighted by molar-refractivity contribution is 0.0303. The number of hydrogen-bond acceptors (Lipinski definition) is 4. The van der Waals surface area contributed by atoms with Gasteiger partial charge in [-0.1, -0.05) is 6.92 Å². The van der Waals surface area contributed by atoms with E-state index < -0.39 is 0 Å². The molecule has 0 radical (unpaired) electrons. The summed E-state index contributed by atoms with van der Waals surface area (Å²) in [5, 5.41) is 13.7. The SMILES string of the molecule is CCC(Oc1ccc2c(c1)cc1n2C(C)CNC1=O)N1CCC(O)C1. The van der Waals surface area contributed by atoms with Gasteiger partial charge in [-0.2, -0.15) is 0 Å². The number of nitrogens with one attached hydrogen (secondary N) is 1. The van der Waals surface area contributed by atoms with Crippen LogP contribution in [0.25, 0.3) is 10.9 Å². The van der Waals surface area contributed by atoms with Gasteiger partial charge in [0.2, 0.25) is 0 Å². The molecule has 4 rings (SSSR count). The van der Waals surface area contributed by atoms with E-state index in [0.29, 0.717) is 18.8 Å². The Bertz CT molecular complexity index is 801. The molecule has 1 saturated heterocycles. The van der Waals surface area contributed by atoms with E-state index >= 15 is 0 Å². The lowest BCUT2D eigenvalue weighted by atomic mass is 10.2. The van der Waals surface area contributed by atoms with Crippen LogP contribution < -0.4 is 10.1 Å². The maximum atomic E-state index is 12.1. The number of carbonyl (C=O) groups is 1. The molecule has 6 nitrogen and oxygen atoms in total. The fourth-order valence-electron chi connectivity index (χ4n) is 3.96. The Morgan fingerprint density at radius 1 is 1.40 bits per heavy atom. The van der Waals surface area contributed by atoms with Gasteiger partial charge < -0.3 is 19.7 Å².